The summed E-state index contributed by atoms with van der Waals surface area (Å²) < 4.78 is 2.35. The highest BCUT2D eigenvalue weighted by Gasteiger charge is 2.34. The van der Waals surface area contributed by atoms with E-state index in [4.69, 9.17) is 12.2 Å². The molecule has 8 heteroatoms. The van der Waals surface area contributed by atoms with Crippen LogP contribution < -0.4 is 10.5 Å². The van der Waals surface area contributed by atoms with E-state index in [0.717, 1.165) is 69.4 Å². The van der Waals surface area contributed by atoms with Crippen molar-refractivity contribution in [3.05, 3.63) is 31.9 Å². The molecule has 0 aromatic carbocycles. The van der Waals surface area contributed by atoms with Crippen molar-refractivity contribution in [1.82, 2.24) is 9.47 Å². The van der Waals surface area contributed by atoms with E-state index >= 15 is 0 Å². The van der Waals surface area contributed by atoms with Crippen LogP contribution in [0.5, 0.6) is 0 Å². The van der Waals surface area contributed by atoms with Gasteiger partial charge in [-0.2, -0.15) is 5.26 Å². The average molecular weight is 529 g/mol. The predicted octanol–water partition coefficient (Wildman–Crippen LogP) is 6.09. The molecular weight excluding hydrogens is 488 g/mol. The summed E-state index contributed by atoms with van der Waals surface area (Å²) in [5, 5.41) is 9.85. The van der Waals surface area contributed by atoms with Crippen molar-refractivity contribution in [2.24, 2.45) is 11.8 Å². The maximum absolute atomic E-state index is 13.5. The Bertz CT molecular complexity index is 1120. The zero-order valence-corrected chi connectivity index (χ0v) is 24.1. The summed E-state index contributed by atoms with van der Waals surface area (Å²) in [6.45, 7) is 13.3. The first-order chi connectivity index (χ1) is 17.3. The molecule has 2 aliphatic rings. The molecule has 1 amide bonds. The molecule has 0 N–H and O–H groups in total. The Hall–Kier alpha value is -2.11. The molecule has 1 aromatic rings. The summed E-state index contributed by atoms with van der Waals surface area (Å²) in [4.78, 5) is 31.5. The Labute approximate surface area is 225 Å². The number of carbonyl (C=O) groups excluding carboxylic acids is 1. The Balaban J connectivity index is 2.10. The van der Waals surface area contributed by atoms with Gasteiger partial charge in [0.1, 0.15) is 21.8 Å². The summed E-state index contributed by atoms with van der Waals surface area (Å²) in [5.74, 6) is 1.71. The third-order valence-electron chi connectivity index (χ3n) is 7.38. The van der Waals surface area contributed by atoms with E-state index in [9.17, 15) is 14.9 Å². The molecule has 2 atom stereocenters. The molecular formula is C28H40N4O2S2. The van der Waals surface area contributed by atoms with E-state index in [2.05, 4.69) is 31.7 Å². The van der Waals surface area contributed by atoms with Gasteiger partial charge in [0.05, 0.1) is 4.91 Å². The van der Waals surface area contributed by atoms with Crippen LogP contribution in [-0.2, 0) is 11.3 Å². The van der Waals surface area contributed by atoms with Crippen LogP contribution in [0.2, 0.25) is 0 Å². The number of nitrogens with zero attached hydrogens (tertiary/aromatic N) is 4. The van der Waals surface area contributed by atoms with Crippen molar-refractivity contribution in [2.45, 2.75) is 86.1 Å². The molecule has 2 saturated heterocycles. The topological polar surface area (TPSA) is 69.3 Å². The van der Waals surface area contributed by atoms with Crippen LogP contribution in [0, 0.1) is 30.1 Å². The van der Waals surface area contributed by atoms with Crippen molar-refractivity contribution in [3.63, 3.8) is 0 Å². The smallest absolute Gasteiger partial charge is 0.270 e. The van der Waals surface area contributed by atoms with Gasteiger partial charge in [0.25, 0.3) is 11.5 Å². The van der Waals surface area contributed by atoms with E-state index < -0.39 is 0 Å². The fourth-order valence-corrected chi connectivity index (χ4v) is 6.52. The molecule has 3 rings (SSSR count). The monoisotopic (exact) mass is 528 g/mol. The maximum atomic E-state index is 13.5. The molecule has 36 heavy (non-hydrogen) atoms. The van der Waals surface area contributed by atoms with Crippen molar-refractivity contribution < 1.29 is 4.79 Å². The fourth-order valence-electron chi connectivity index (χ4n) is 5.26. The molecule has 0 bridgehead atoms. The van der Waals surface area contributed by atoms with Gasteiger partial charge in [-0.15, -0.1) is 0 Å². The number of carbonyl (C=O) groups is 1. The van der Waals surface area contributed by atoms with Crippen LogP contribution in [0.4, 0.5) is 5.82 Å². The Morgan fingerprint density at radius 1 is 1.25 bits per heavy atom. The van der Waals surface area contributed by atoms with Gasteiger partial charge in [0.15, 0.2) is 0 Å². The summed E-state index contributed by atoms with van der Waals surface area (Å²) in [6, 6.07) is 2.14. The lowest BCUT2D eigenvalue weighted by Crippen LogP contribution is -2.40. The Morgan fingerprint density at radius 3 is 2.61 bits per heavy atom. The quantitative estimate of drug-likeness (QED) is 0.270. The van der Waals surface area contributed by atoms with Gasteiger partial charge in [-0.05, 0) is 56.1 Å². The lowest BCUT2D eigenvalue weighted by Gasteiger charge is -2.36. The second kappa shape index (κ2) is 12.9. The SMILES string of the molecule is CCCCC(CC)CN1C(=O)/C(=C/c2c(C)c(C#N)c(=O)n(CCC)c2N2CCCC(C)C2)SC1=S. The Kier molecular flexibility index (Phi) is 10.2. The molecule has 3 heterocycles. The molecule has 6 nitrogen and oxygen atoms in total. The third-order valence-corrected chi connectivity index (χ3v) is 8.76. The van der Waals surface area contributed by atoms with Crippen LogP contribution in [0.1, 0.15) is 89.3 Å². The fraction of sp³-hybridized carbons (Fsp3) is 0.643. The van der Waals surface area contributed by atoms with Crippen LogP contribution in [0.15, 0.2) is 9.70 Å². The Morgan fingerprint density at radius 2 is 2.00 bits per heavy atom. The van der Waals surface area contributed by atoms with E-state index in [-0.39, 0.29) is 17.0 Å². The minimum atomic E-state index is -0.239. The van der Waals surface area contributed by atoms with Crippen molar-refractivity contribution >= 4 is 46.1 Å². The minimum absolute atomic E-state index is 0.0657. The zero-order valence-electron chi connectivity index (χ0n) is 22.4. The normalized spacial score (nSPS) is 20.3. The number of unbranched alkanes of at least 4 members (excludes halogenated alkanes) is 1. The van der Waals surface area contributed by atoms with E-state index in [1.165, 1.54) is 11.8 Å². The van der Waals surface area contributed by atoms with Gasteiger partial charge in [0, 0.05) is 31.7 Å². The van der Waals surface area contributed by atoms with E-state index in [0.29, 0.717) is 39.7 Å². The number of nitriles is 1. The minimum Gasteiger partial charge on any atom is -0.357 e. The molecule has 2 fully saturated rings. The molecule has 196 valence electrons. The van der Waals surface area contributed by atoms with Crippen molar-refractivity contribution in [1.29, 1.82) is 5.26 Å². The highest BCUT2D eigenvalue weighted by Crippen LogP contribution is 2.37. The summed E-state index contributed by atoms with van der Waals surface area (Å²) in [6.07, 6.45) is 9.28. The predicted molar refractivity (Wildman–Crippen MR) is 154 cm³/mol. The number of pyridine rings is 1. The molecule has 0 saturated carbocycles. The first-order valence-electron chi connectivity index (χ1n) is 13.4. The number of anilines is 1. The van der Waals surface area contributed by atoms with Gasteiger partial charge in [0.2, 0.25) is 0 Å². The van der Waals surface area contributed by atoms with Crippen molar-refractivity contribution in [3.8, 4) is 6.07 Å². The van der Waals surface area contributed by atoms with Gasteiger partial charge in [-0.1, -0.05) is 70.9 Å². The van der Waals surface area contributed by atoms with Gasteiger partial charge in [-0.25, -0.2) is 0 Å². The lowest BCUT2D eigenvalue weighted by atomic mass is 9.97. The summed E-state index contributed by atoms with van der Waals surface area (Å²) in [5.41, 5.74) is 1.36. The van der Waals surface area contributed by atoms with Crippen molar-refractivity contribution in [2.75, 3.05) is 24.5 Å². The standard InChI is InChI=1S/C28H40N4O2S2/c1-6-9-12-21(8-3)18-32-27(34)24(36-28(32)35)15-22-20(5)23(16-29)26(33)31(13-7-2)25(22)30-14-10-11-19(4)17-30/h15,19,21H,6-14,17-18H2,1-5H3/b24-15-. The number of hydrogen-bond donors (Lipinski definition) is 0. The van der Waals surface area contributed by atoms with Crippen LogP contribution >= 0.6 is 24.0 Å². The molecule has 2 aliphatic heterocycles. The van der Waals surface area contributed by atoms with Gasteiger partial charge in [-0.3, -0.25) is 19.1 Å². The number of amides is 1. The molecule has 2 unspecified atom stereocenters. The first-order valence-corrected chi connectivity index (χ1v) is 14.7. The van der Waals surface area contributed by atoms with E-state index in [1.807, 2.05) is 19.9 Å². The number of thiocarbonyl (C=S) groups is 1. The number of thioether (sulfide) groups is 1. The van der Waals surface area contributed by atoms with E-state index in [1.54, 1.807) is 9.47 Å². The summed E-state index contributed by atoms with van der Waals surface area (Å²) >= 11 is 6.98. The number of aromatic nitrogens is 1. The highest BCUT2D eigenvalue weighted by molar-refractivity contribution is 8.26. The largest absolute Gasteiger partial charge is 0.357 e. The van der Waals surface area contributed by atoms with Gasteiger partial charge < -0.3 is 4.90 Å². The maximum Gasteiger partial charge on any atom is 0.270 e. The number of piperidine rings is 1. The number of hydrogen-bond acceptors (Lipinski definition) is 6. The number of rotatable bonds is 10. The molecule has 0 spiro atoms. The lowest BCUT2D eigenvalue weighted by molar-refractivity contribution is -0.122. The van der Waals surface area contributed by atoms with Gasteiger partial charge >= 0.3 is 0 Å². The molecule has 1 aromatic heterocycles. The first kappa shape index (κ1) is 28.5. The third kappa shape index (κ3) is 6.06. The highest BCUT2D eigenvalue weighted by atomic mass is 32.2. The van der Waals surface area contributed by atoms with Crippen LogP contribution in [-0.4, -0.2) is 39.3 Å². The zero-order chi connectivity index (χ0) is 26.4. The average Bonchev–Trinajstić information content (AvgIpc) is 3.12. The molecule has 0 radical (unpaired) electrons. The van der Waals surface area contributed by atoms with Crippen LogP contribution in [0.25, 0.3) is 6.08 Å². The van der Waals surface area contributed by atoms with Crippen LogP contribution in [0.3, 0.4) is 0 Å². The summed E-state index contributed by atoms with van der Waals surface area (Å²) in [7, 11) is 0. The second-order valence-corrected chi connectivity index (χ2v) is 11.9. The molecule has 0 aliphatic carbocycles. The second-order valence-electron chi connectivity index (χ2n) is 10.2.